The van der Waals surface area contributed by atoms with E-state index in [1.165, 1.54) is 29.2 Å². The molecule has 4 amide bonds. The van der Waals surface area contributed by atoms with Gasteiger partial charge in [-0.1, -0.05) is 24.3 Å². The van der Waals surface area contributed by atoms with Crippen LogP contribution < -0.4 is 10.6 Å². The Bertz CT molecular complexity index is 1190. The Morgan fingerprint density at radius 1 is 1.21 bits per heavy atom. The maximum atomic E-state index is 14.4. The summed E-state index contributed by atoms with van der Waals surface area (Å²) >= 11 is 0. The van der Waals surface area contributed by atoms with Crippen molar-refractivity contribution >= 4 is 31.5 Å². The Balaban J connectivity index is 1.47. The summed E-state index contributed by atoms with van der Waals surface area (Å²) in [6.45, 7) is -0.269. The lowest BCUT2D eigenvalue weighted by Gasteiger charge is -2.40. The molecular formula is C22H18BF2N3O5. The molecule has 2 aromatic rings. The van der Waals surface area contributed by atoms with Gasteiger partial charge in [0.25, 0.3) is 11.8 Å². The minimum atomic E-state index is -3.95. The fourth-order valence-corrected chi connectivity index (χ4v) is 3.93. The Kier molecular flexibility index (Phi) is 5.43. The van der Waals surface area contributed by atoms with E-state index in [4.69, 9.17) is 7.85 Å². The zero-order valence-corrected chi connectivity index (χ0v) is 17.2. The largest absolute Gasteiger partial charge is 0.507 e. The number of carbonyl (C=O) groups excluding carboxylic acids is 4. The molecule has 2 aliphatic heterocycles. The van der Waals surface area contributed by atoms with Gasteiger partial charge in [0.05, 0.1) is 11.0 Å². The minimum Gasteiger partial charge on any atom is -0.507 e. The number of amides is 4. The molecule has 2 aliphatic rings. The molecule has 11 heteroatoms. The first-order valence-corrected chi connectivity index (χ1v) is 10.1. The SMILES string of the molecule is [B][C@@]1(N2Cc3cc(CNC(=O)C(F)(F)c4ccccc4O)ccc3C2=O)CCC(=O)NC1=O. The summed E-state index contributed by atoms with van der Waals surface area (Å²) < 4.78 is 28.9. The second-order valence-electron chi connectivity index (χ2n) is 7.96. The molecule has 0 spiro atoms. The molecule has 33 heavy (non-hydrogen) atoms. The molecule has 1 atom stereocenters. The van der Waals surface area contributed by atoms with Crippen LogP contribution in [0.3, 0.4) is 0 Å². The zero-order valence-electron chi connectivity index (χ0n) is 17.2. The van der Waals surface area contributed by atoms with Gasteiger partial charge in [-0.15, -0.1) is 0 Å². The lowest BCUT2D eigenvalue weighted by molar-refractivity contribution is -0.147. The van der Waals surface area contributed by atoms with Crippen molar-refractivity contribution in [3.8, 4) is 5.75 Å². The van der Waals surface area contributed by atoms with Gasteiger partial charge in [0.15, 0.2) is 0 Å². The summed E-state index contributed by atoms with van der Waals surface area (Å²) in [6.07, 6.45) is -0.0352. The van der Waals surface area contributed by atoms with E-state index < -0.39 is 46.3 Å². The van der Waals surface area contributed by atoms with Crippen LogP contribution in [0.2, 0.25) is 0 Å². The van der Waals surface area contributed by atoms with E-state index in [0.717, 1.165) is 12.1 Å². The third-order valence-electron chi connectivity index (χ3n) is 5.82. The van der Waals surface area contributed by atoms with Crippen LogP contribution in [0.5, 0.6) is 5.75 Å². The molecule has 2 aromatic carbocycles. The topological polar surface area (TPSA) is 116 Å². The summed E-state index contributed by atoms with van der Waals surface area (Å²) in [5, 5.41) is 13.9. The number of hydrogen-bond acceptors (Lipinski definition) is 5. The molecule has 4 rings (SSSR count). The molecule has 0 aromatic heterocycles. The number of para-hydroxylation sites is 1. The van der Waals surface area contributed by atoms with Crippen LogP contribution >= 0.6 is 0 Å². The highest BCUT2D eigenvalue weighted by Gasteiger charge is 2.48. The maximum Gasteiger partial charge on any atom is 0.353 e. The van der Waals surface area contributed by atoms with Crippen molar-refractivity contribution in [1.29, 1.82) is 0 Å². The van der Waals surface area contributed by atoms with Gasteiger partial charge in [0, 0.05) is 25.1 Å². The van der Waals surface area contributed by atoms with Crippen LogP contribution in [0.25, 0.3) is 0 Å². The van der Waals surface area contributed by atoms with Crippen LogP contribution in [-0.4, -0.2) is 46.9 Å². The van der Waals surface area contributed by atoms with Crippen molar-refractivity contribution in [3.05, 3.63) is 64.7 Å². The van der Waals surface area contributed by atoms with Crippen molar-refractivity contribution in [1.82, 2.24) is 15.5 Å². The van der Waals surface area contributed by atoms with Gasteiger partial charge < -0.3 is 15.3 Å². The van der Waals surface area contributed by atoms with E-state index in [-0.39, 0.29) is 25.9 Å². The quantitative estimate of drug-likeness (QED) is 0.463. The smallest absolute Gasteiger partial charge is 0.353 e. The third kappa shape index (κ3) is 3.83. The maximum absolute atomic E-state index is 14.4. The number of halogens is 2. The van der Waals surface area contributed by atoms with Crippen molar-refractivity contribution in [2.75, 3.05) is 0 Å². The predicted molar refractivity (Wildman–Crippen MR) is 111 cm³/mol. The lowest BCUT2D eigenvalue weighted by atomic mass is 9.70. The van der Waals surface area contributed by atoms with Crippen LogP contribution in [0, 0.1) is 0 Å². The first-order chi connectivity index (χ1) is 15.5. The number of nitrogens with zero attached hydrogens (tertiary/aromatic N) is 1. The number of nitrogens with one attached hydrogen (secondary N) is 2. The van der Waals surface area contributed by atoms with Gasteiger partial charge in [-0.2, -0.15) is 8.78 Å². The van der Waals surface area contributed by atoms with Gasteiger partial charge in [-0.3, -0.25) is 24.5 Å². The Hall–Kier alpha value is -3.76. The molecule has 2 heterocycles. The minimum absolute atomic E-state index is 0.00910. The number of piperidine rings is 1. The molecule has 0 unspecified atom stereocenters. The first kappa shape index (κ1) is 22.4. The van der Waals surface area contributed by atoms with Crippen molar-refractivity contribution in [2.45, 2.75) is 37.3 Å². The lowest BCUT2D eigenvalue weighted by Crippen LogP contribution is -2.63. The van der Waals surface area contributed by atoms with E-state index in [2.05, 4.69) is 10.6 Å². The second-order valence-corrected chi connectivity index (χ2v) is 7.96. The first-order valence-electron chi connectivity index (χ1n) is 10.1. The number of fused-ring (bicyclic) bond motifs is 1. The molecule has 1 fully saturated rings. The highest BCUT2D eigenvalue weighted by Crippen LogP contribution is 2.35. The fourth-order valence-electron chi connectivity index (χ4n) is 3.93. The number of benzene rings is 2. The van der Waals surface area contributed by atoms with E-state index in [1.807, 2.05) is 0 Å². The number of phenols is 1. The third-order valence-corrected chi connectivity index (χ3v) is 5.82. The number of aromatic hydroxyl groups is 1. The van der Waals surface area contributed by atoms with E-state index in [0.29, 0.717) is 16.7 Å². The molecule has 1 saturated heterocycles. The normalized spacial score (nSPS) is 20.4. The van der Waals surface area contributed by atoms with Gasteiger partial charge in [-0.05, 0) is 35.7 Å². The summed E-state index contributed by atoms with van der Waals surface area (Å²) in [5.74, 6) is -7.96. The Morgan fingerprint density at radius 2 is 1.94 bits per heavy atom. The number of imide groups is 1. The number of phenolic OH excluding ortho intramolecular Hbond substituents is 1. The van der Waals surface area contributed by atoms with Crippen molar-refractivity contribution in [3.63, 3.8) is 0 Å². The zero-order chi connectivity index (χ0) is 24.0. The number of carbonyl (C=O) groups is 4. The summed E-state index contributed by atoms with van der Waals surface area (Å²) in [7, 11) is 6.17. The highest BCUT2D eigenvalue weighted by molar-refractivity contribution is 6.32. The Morgan fingerprint density at radius 3 is 2.64 bits per heavy atom. The summed E-state index contributed by atoms with van der Waals surface area (Å²) in [5.41, 5.74) is -1.25. The van der Waals surface area contributed by atoms with Crippen molar-refractivity contribution < 1.29 is 33.1 Å². The standard InChI is InChI=1S/C22H18BF2N3O5/c23-21(8-7-17(30)27-19(21)32)28-11-13-9-12(5-6-14(13)18(28)31)10-26-20(33)22(24,25)15-3-1-2-4-16(15)29/h1-6,9,29H,7-8,10-11H2,(H,26,33)(H,27,30,32)/t21-/m1/s1. The molecule has 8 nitrogen and oxygen atoms in total. The highest BCUT2D eigenvalue weighted by atomic mass is 19.3. The Labute approximate surface area is 188 Å². The van der Waals surface area contributed by atoms with Gasteiger partial charge in [0.1, 0.15) is 13.6 Å². The summed E-state index contributed by atoms with van der Waals surface area (Å²) in [6, 6.07) is 9.19. The summed E-state index contributed by atoms with van der Waals surface area (Å²) in [4.78, 5) is 49.8. The number of hydrogen-bond donors (Lipinski definition) is 3. The molecule has 168 valence electrons. The number of alkyl halides is 2. The molecular weight excluding hydrogens is 435 g/mol. The van der Waals surface area contributed by atoms with Crippen LogP contribution in [0.1, 0.15) is 39.9 Å². The fraction of sp³-hybridized carbons (Fsp3) is 0.273. The van der Waals surface area contributed by atoms with Gasteiger partial charge in [-0.25, -0.2) is 0 Å². The van der Waals surface area contributed by atoms with E-state index in [9.17, 15) is 33.1 Å². The second kappa shape index (κ2) is 7.98. The predicted octanol–water partition coefficient (Wildman–Crippen LogP) is 1.06. The average Bonchev–Trinajstić information content (AvgIpc) is 3.11. The monoisotopic (exact) mass is 453 g/mol. The molecule has 3 N–H and O–H groups in total. The van der Waals surface area contributed by atoms with Gasteiger partial charge >= 0.3 is 5.92 Å². The van der Waals surface area contributed by atoms with Crippen molar-refractivity contribution in [2.24, 2.45) is 0 Å². The average molecular weight is 453 g/mol. The van der Waals surface area contributed by atoms with E-state index >= 15 is 0 Å². The molecule has 0 saturated carbocycles. The molecule has 0 aliphatic carbocycles. The van der Waals surface area contributed by atoms with Crippen LogP contribution in [0.4, 0.5) is 8.78 Å². The molecule has 2 radical (unpaired) electrons. The van der Waals surface area contributed by atoms with E-state index in [1.54, 1.807) is 6.07 Å². The van der Waals surface area contributed by atoms with Crippen LogP contribution in [-0.2, 0) is 33.4 Å². The van der Waals surface area contributed by atoms with Crippen LogP contribution in [0.15, 0.2) is 42.5 Å². The van der Waals surface area contributed by atoms with Gasteiger partial charge in [0.2, 0.25) is 11.8 Å². The number of rotatable bonds is 5. The molecule has 0 bridgehead atoms.